The summed E-state index contributed by atoms with van der Waals surface area (Å²) in [6.07, 6.45) is 5.02. The van der Waals surface area contributed by atoms with Gasteiger partial charge in [-0.3, -0.25) is 4.79 Å². The predicted octanol–water partition coefficient (Wildman–Crippen LogP) is 3.62. The highest BCUT2D eigenvalue weighted by atomic mass is 16.5. The van der Waals surface area contributed by atoms with Crippen LogP contribution in [0, 0.1) is 23.7 Å². The van der Waals surface area contributed by atoms with Crippen LogP contribution in [0.2, 0.25) is 0 Å². The molecule has 3 rings (SSSR count). The van der Waals surface area contributed by atoms with Crippen LogP contribution in [0.1, 0.15) is 41.3 Å². The Bertz CT molecular complexity index is 1090. The summed E-state index contributed by atoms with van der Waals surface area (Å²) >= 11 is 0. The lowest BCUT2D eigenvalue weighted by molar-refractivity contribution is 0.0677. The second-order valence-corrected chi connectivity index (χ2v) is 7.86. The van der Waals surface area contributed by atoms with Crippen LogP contribution in [0.3, 0.4) is 0 Å². The van der Waals surface area contributed by atoms with Crippen molar-refractivity contribution in [3.8, 4) is 23.7 Å². The van der Waals surface area contributed by atoms with E-state index in [1.165, 1.54) is 0 Å². The van der Waals surface area contributed by atoms with E-state index in [4.69, 9.17) is 9.47 Å². The van der Waals surface area contributed by atoms with Gasteiger partial charge in [-0.2, -0.15) is 0 Å². The van der Waals surface area contributed by atoms with Gasteiger partial charge in [-0.25, -0.2) is 0 Å². The van der Waals surface area contributed by atoms with Gasteiger partial charge in [-0.1, -0.05) is 11.8 Å². The van der Waals surface area contributed by atoms with Gasteiger partial charge in [-0.15, -0.1) is 0 Å². The zero-order valence-corrected chi connectivity index (χ0v) is 19.6. The first-order valence-electron chi connectivity index (χ1n) is 11.3. The van der Waals surface area contributed by atoms with Crippen LogP contribution >= 0.6 is 0 Å². The minimum atomic E-state index is -0.141. The van der Waals surface area contributed by atoms with E-state index in [0.29, 0.717) is 18.7 Å². The van der Waals surface area contributed by atoms with Crippen molar-refractivity contribution in [1.29, 1.82) is 0 Å². The Morgan fingerprint density at radius 1 is 1.15 bits per heavy atom. The quantitative estimate of drug-likeness (QED) is 0.359. The average molecular weight is 459 g/mol. The van der Waals surface area contributed by atoms with E-state index in [0.717, 1.165) is 29.7 Å². The summed E-state index contributed by atoms with van der Waals surface area (Å²) in [7, 11) is 1.60. The number of ether oxygens (including phenoxy) is 2. The molecule has 0 aromatic heterocycles. The van der Waals surface area contributed by atoms with Crippen molar-refractivity contribution in [2.75, 3.05) is 32.2 Å². The third-order valence-electron chi connectivity index (χ3n) is 5.39. The molecule has 0 spiro atoms. The number of nitrogens with zero attached hydrogens (tertiary/aromatic N) is 1. The summed E-state index contributed by atoms with van der Waals surface area (Å²) in [5.74, 6) is 11.7. The Labute approximate surface area is 201 Å². The minimum absolute atomic E-state index is 0.00781. The summed E-state index contributed by atoms with van der Waals surface area (Å²) in [6, 6.07) is 14.8. The zero-order valence-electron chi connectivity index (χ0n) is 19.6. The number of anilines is 1. The highest BCUT2D eigenvalue weighted by molar-refractivity contribution is 5.94. The number of likely N-dealkylation sites (tertiary alicyclic amines) is 1. The van der Waals surface area contributed by atoms with Crippen LogP contribution in [-0.2, 0) is 9.47 Å². The molecule has 2 atom stereocenters. The maximum Gasteiger partial charge on any atom is 0.254 e. The molecule has 2 aromatic rings. The molecular formula is C28H30N2O4. The molecule has 0 aliphatic carbocycles. The van der Waals surface area contributed by atoms with Gasteiger partial charge in [0.1, 0.15) is 6.23 Å². The first-order valence-corrected chi connectivity index (χ1v) is 11.3. The molecule has 1 fully saturated rings. The molecule has 1 unspecified atom stereocenters. The van der Waals surface area contributed by atoms with E-state index in [1.54, 1.807) is 36.5 Å². The molecule has 1 aliphatic heterocycles. The summed E-state index contributed by atoms with van der Waals surface area (Å²) in [5, 5.41) is 12.7. The van der Waals surface area contributed by atoms with Crippen molar-refractivity contribution in [1.82, 2.24) is 4.90 Å². The van der Waals surface area contributed by atoms with E-state index in [9.17, 15) is 9.90 Å². The van der Waals surface area contributed by atoms with Crippen LogP contribution in [0.25, 0.3) is 0 Å². The molecule has 34 heavy (non-hydrogen) atoms. The topological polar surface area (TPSA) is 71.0 Å². The smallest absolute Gasteiger partial charge is 0.254 e. The molecule has 176 valence electrons. The molecule has 1 aliphatic rings. The Morgan fingerprint density at radius 2 is 1.79 bits per heavy atom. The van der Waals surface area contributed by atoms with E-state index in [-0.39, 0.29) is 24.8 Å². The lowest BCUT2D eigenvalue weighted by Crippen LogP contribution is -2.37. The van der Waals surface area contributed by atoms with Gasteiger partial charge in [0.15, 0.2) is 0 Å². The maximum absolute atomic E-state index is 12.6. The van der Waals surface area contributed by atoms with E-state index >= 15 is 0 Å². The number of carbonyl (C=O) groups is 1. The number of hydrogen-bond acceptors (Lipinski definition) is 5. The van der Waals surface area contributed by atoms with Crippen LogP contribution in [0.5, 0.6) is 0 Å². The fraction of sp³-hybridized carbons (Fsp3) is 0.321. The van der Waals surface area contributed by atoms with Gasteiger partial charge >= 0.3 is 0 Å². The fourth-order valence-corrected chi connectivity index (χ4v) is 3.62. The van der Waals surface area contributed by atoms with Crippen molar-refractivity contribution in [2.45, 2.75) is 32.0 Å². The lowest BCUT2D eigenvalue weighted by Gasteiger charge is -2.23. The molecule has 2 N–H and O–H groups in total. The number of carbonyl (C=O) groups excluding carboxylic acids is 1. The first kappa shape index (κ1) is 24.9. The Hall–Kier alpha value is -3.71. The molecule has 6 nitrogen and oxygen atoms in total. The van der Waals surface area contributed by atoms with E-state index < -0.39 is 0 Å². The van der Waals surface area contributed by atoms with Gasteiger partial charge in [-0.05, 0) is 86.2 Å². The van der Waals surface area contributed by atoms with Gasteiger partial charge < -0.3 is 24.8 Å². The summed E-state index contributed by atoms with van der Waals surface area (Å²) in [5.41, 5.74) is 3.20. The van der Waals surface area contributed by atoms with E-state index in [1.807, 2.05) is 43.3 Å². The van der Waals surface area contributed by atoms with Gasteiger partial charge in [0, 0.05) is 28.9 Å². The van der Waals surface area contributed by atoms with Crippen LogP contribution in [0.4, 0.5) is 5.69 Å². The molecule has 6 heteroatoms. The number of rotatable bonds is 8. The highest BCUT2D eigenvalue weighted by Gasteiger charge is 2.28. The largest absolute Gasteiger partial charge is 0.505 e. The molecular weight excluding hydrogens is 428 g/mol. The summed E-state index contributed by atoms with van der Waals surface area (Å²) in [4.78, 5) is 14.4. The number of aliphatic hydroxyl groups is 1. The predicted molar refractivity (Wildman–Crippen MR) is 133 cm³/mol. The highest BCUT2D eigenvalue weighted by Crippen LogP contribution is 2.20. The minimum Gasteiger partial charge on any atom is -0.505 e. The molecule has 2 aromatic carbocycles. The third kappa shape index (κ3) is 7.42. The first-order chi connectivity index (χ1) is 16.6. The third-order valence-corrected chi connectivity index (χ3v) is 5.39. The van der Waals surface area contributed by atoms with Gasteiger partial charge in [0.2, 0.25) is 0 Å². The molecule has 0 radical (unpaired) electrons. The SMILES string of the molecule is CO/C=C\COC(C)Nc1ccc(C#CC#Cc2ccc(C(=O)N3CCC[C@H]3CO)cc2)cc1. The monoisotopic (exact) mass is 458 g/mol. The van der Waals surface area contributed by atoms with Gasteiger partial charge in [0.05, 0.1) is 32.6 Å². The summed E-state index contributed by atoms with van der Waals surface area (Å²) < 4.78 is 10.4. The number of methoxy groups -OCH3 is 1. The number of aliphatic hydroxyl groups excluding tert-OH is 1. The number of hydrogen-bond donors (Lipinski definition) is 2. The Balaban J connectivity index is 1.51. The fourth-order valence-electron chi connectivity index (χ4n) is 3.62. The summed E-state index contributed by atoms with van der Waals surface area (Å²) in [6.45, 7) is 3.10. The Kier molecular flexibility index (Phi) is 9.61. The van der Waals surface area contributed by atoms with Crippen molar-refractivity contribution in [2.24, 2.45) is 0 Å². The van der Waals surface area contributed by atoms with Crippen LogP contribution in [-0.4, -0.2) is 55.1 Å². The molecule has 1 saturated heterocycles. The number of nitrogens with one attached hydrogen (secondary N) is 1. The molecule has 1 amide bonds. The van der Waals surface area contributed by atoms with Crippen molar-refractivity contribution >= 4 is 11.6 Å². The normalized spacial score (nSPS) is 15.7. The van der Waals surface area contributed by atoms with E-state index in [2.05, 4.69) is 29.0 Å². The second kappa shape index (κ2) is 13.1. The second-order valence-electron chi connectivity index (χ2n) is 7.86. The molecule has 0 saturated carbocycles. The average Bonchev–Trinajstić information content (AvgIpc) is 3.34. The molecule has 1 heterocycles. The van der Waals surface area contributed by atoms with Crippen LogP contribution < -0.4 is 5.32 Å². The van der Waals surface area contributed by atoms with Crippen molar-refractivity contribution in [3.63, 3.8) is 0 Å². The lowest BCUT2D eigenvalue weighted by atomic mass is 10.1. The number of amides is 1. The van der Waals surface area contributed by atoms with Crippen molar-refractivity contribution < 1.29 is 19.4 Å². The standard InChI is InChI=1S/C28H30N2O4/c1-22(34-20-6-19-33-2)29-26-16-12-24(13-17-26)8-4-3-7-23-10-14-25(15-11-23)28(32)30-18-5-9-27(30)21-31/h6,10-17,19,22,27,29,31H,5,9,18,20-21H2,1-2H3/b19-6-/t22?,27-/m0/s1. The number of benzene rings is 2. The van der Waals surface area contributed by atoms with Crippen LogP contribution in [0.15, 0.2) is 60.9 Å². The maximum atomic E-state index is 12.6. The van der Waals surface area contributed by atoms with Crippen molar-refractivity contribution in [3.05, 3.63) is 77.6 Å². The zero-order chi connectivity index (χ0) is 24.2. The van der Waals surface area contributed by atoms with Gasteiger partial charge in [0.25, 0.3) is 5.91 Å². The Morgan fingerprint density at radius 3 is 2.41 bits per heavy atom. The molecule has 0 bridgehead atoms.